The van der Waals surface area contributed by atoms with Crippen molar-refractivity contribution in [3.05, 3.63) is 73.1 Å². The summed E-state index contributed by atoms with van der Waals surface area (Å²) in [6, 6.07) is 21.3. The predicted molar refractivity (Wildman–Crippen MR) is 97.9 cm³/mol. The molecular formula is C19H17N3OS. The Balaban J connectivity index is 1.68. The van der Waals surface area contributed by atoms with Gasteiger partial charge in [-0.3, -0.25) is 4.79 Å². The second-order valence-corrected chi connectivity index (χ2v) is 6.58. The fourth-order valence-corrected chi connectivity index (χ4v) is 2.99. The highest BCUT2D eigenvalue weighted by Crippen LogP contribution is 2.25. The van der Waals surface area contributed by atoms with E-state index in [1.165, 1.54) is 18.1 Å². The Labute approximate surface area is 145 Å². The van der Waals surface area contributed by atoms with E-state index in [-0.39, 0.29) is 11.2 Å². The number of aromatic nitrogens is 2. The van der Waals surface area contributed by atoms with Crippen molar-refractivity contribution in [2.75, 3.05) is 5.32 Å². The molecule has 0 bridgehead atoms. The first-order valence-corrected chi connectivity index (χ1v) is 8.50. The smallest absolute Gasteiger partial charge is 0.237 e. The fourth-order valence-electron chi connectivity index (χ4n) is 2.17. The summed E-state index contributed by atoms with van der Waals surface area (Å²) in [4.78, 5) is 20.9. The molecule has 1 aromatic heterocycles. The monoisotopic (exact) mass is 335 g/mol. The first-order chi connectivity index (χ1) is 11.7. The summed E-state index contributed by atoms with van der Waals surface area (Å²) in [5.41, 5.74) is 2.68. The van der Waals surface area contributed by atoms with Crippen LogP contribution in [0.5, 0.6) is 0 Å². The van der Waals surface area contributed by atoms with Crippen LogP contribution < -0.4 is 5.32 Å². The highest BCUT2D eigenvalue weighted by atomic mass is 32.2. The Morgan fingerprint density at radius 1 is 1.00 bits per heavy atom. The van der Waals surface area contributed by atoms with Crippen molar-refractivity contribution in [2.24, 2.45) is 0 Å². The van der Waals surface area contributed by atoms with Crippen molar-refractivity contribution in [1.29, 1.82) is 0 Å². The zero-order valence-corrected chi connectivity index (χ0v) is 14.0. The van der Waals surface area contributed by atoms with E-state index in [1.807, 2.05) is 73.7 Å². The first-order valence-electron chi connectivity index (χ1n) is 7.62. The minimum Gasteiger partial charge on any atom is -0.325 e. The van der Waals surface area contributed by atoms with Crippen molar-refractivity contribution in [1.82, 2.24) is 9.97 Å². The van der Waals surface area contributed by atoms with Crippen LogP contribution in [0, 0.1) is 0 Å². The Kier molecular flexibility index (Phi) is 5.23. The second-order valence-electron chi connectivity index (χ2n) is 5.22. The Morgan fingerprint density at radius 2 is 1.67 bits per heavy atom. The molecule has 5 heteroatoms. The fraction of sp³-hybridized carbons (Fsp3) is 0.105. The van der Waals surface area contributed by atoms with Gasteiger partial charge in [-0.15, -0.1) is 0 Å². The Bertz CT molecular complexity index is 809. The number of carbonyl (C=O) groups excluding carboxylic acids is 1. The molecule has 24 heavy (non-hydrogen) atoms. The molecule has 0 aliphatic heterocycles. The Morgan fingerprint density at radius 3 is 2.38 bits per heavy atom. The van der Waals surface area contributed by atoms with Gasteiger partial charge in [0.15, 0.2) is 0 Å². The zero-order valence-electron chi connectivity index (χ0n) is 13.2. The quantitative estimate of drug-likeness (QED) is 0.559. The number of carbonyl (C=O) groups is 1. The van der Waals surface area contributed by atoms with Crippen LogP contribution in [0.3, 0.4) is 0 Å². The average molecular weight is 335 g/mol. The third-order valence-electron chi connectivity index (χ3n) is 3.42. The van der Waals surface area contributed by atoms with Gasteiger partial charge in [-0.25, -0.2) is 9.97 Å². The van der Waals surface area contributed by atoms with Gasteiger partial charge >= 0.3 is 0 Å². The van der Waals surface area contributed by atoms with Crippen LogP contribution in [0.4, 0.5) is 5.69 Å². The summed E-state index contributed by atoms with van der Waals surface area (Å²) in [6.07, 6.45) is 1.53. The van der Waals surface area contributed by atoms with Gasteiger partial charge in [-0.1, -0.05) is 60.3 Å². The third-order valence-corrected chi connectivity index (χ3v) is 4.45. The normalized spacial score (nSPS) is 11.7. The van der Waals surface area contributed by atoms with Gasteiger partial charge in [-0.05, 0) is 25.1 Å². The lowest BCUT2D eigenvalue weighted by Crippen LogP contribution is -2.22. The van der Waals surface area contributed by atoms with Crippen molar-refractivity contribution in [2.45, 2.75) is 17.2 Å². The third kappa shape index (κ3) is 4.20. The molecule has 120 valence electrons. The highest BCUT2D eigenvalue weighted by molar-refractivity contribution is 8.00. The molecule has 0 radical (unpaired) electrons. The van der Waals surface area contributed by atoms with E-state index in [1.54, 1.807) is 0 Å². The number of hydrogen-bond acceptors (Lipinski definition) is 4. The lowest BCUT2D eigenvalue weighted by molar-refractivity contribution is -0.115. The van der Waals surface area contributed by atoms with E-state index in [2.05, 4.69) is 15.3 Å². The molecule has 4 nitrogen and oxygen atoms in total. The first kappa shape index (κ1) is 16.2. The van der Waals surface area contributed by atoms with Gasteiger partial charge in [0.1, 0.15) is 11.4 Å². The van der Waals surface area contributed by atoms with E-state index in [0.29, 0.717) is 0 Å². The highest BCUT2D eigenvalue weighted by Gasteiger charge is 2.15. The van der Waals surface area contributed by atoms with Crippen molar-refractivity contribution >= 4 is 23.4 Å². The van der Waals surface area contributed by atoms with Crippen LogP contribution in [0.2, 0.25) is 0 Å². The molecule has 0 aliphatic rings. The predicted octanol–water partition coefficient (Wildman–Crippen LogP) is 4.26. The topological polar surface area (TPSA) is 54.9 Å². The number of nitrogens with one attached hydrogen (secondary N) is 1. The van der Waals surface area contributed by atoms with Crippen LogP contribution in [-0.4, -0.2) is 21.1 Å². The van der Waals surface area contributed by atoms with Crippen LogP contribution in [-0.2, 0) is 4.79 Å². The number of amides is 1. The number of benzene rings is 2. The number of para-hydroxylation sites is 1. The summed E-state index contributed by atoms with van der Waals surface area (Å²) >= 11 is 1.42. The minimum atomic E-state index is -0.260. The van der Waals surface area contributed by atoms with Crippen LogP contribution >= 0.6 is 11.8 Å². The zero-order chi connectivity index (χ0) is 16.8. The van der Waals surface area contributed by atoms with Gasteiger partial charge < -0.3 is 5.32 Å². The Hall–Kier alpha value is -2.66. The van der Waals surface area contributed by atoms with E-state index in [4.69, 9.17) is 0 Å². The molecule has 0 spiro atoms. The molecule has 0 saturated heterocycles. The van der Waals surface area contributed by atoms with Gasteiger partial charge in [0.25, 0.3) is 0 Å². The van der Waals surface area contributed by atoms with E-state index in [9.17, 15) is 4.79 Å². The van der Waals surface area contributed by atoms with Gasteiger partial charge in [0.05, 0.1) is 10.9 Å². The molecule has 1 atom stereocenters. The molecule has 1 N–H and O–H groups in total. The number of rotatable bonds is 5. The van der Waals surface area contributed by atoms with E-state index >= 15 is 0 Å². The van der Waals surface area contributed by atoms with E-state index < -0.39 is 0 Å². The number of nitrogens with zero attached hydrogens (tertiary/aromatic N) is 2. The minimum absolute atomic E-state index is 0.0499. The van der Waals surface area contributed by atoms with Gasteiger partial charge in [-0.2, -0.15) is 0 Å². The SMILES string of the molecule is C[C@@H](Sc1cc(-c2ccccc2)ncn1)C(=O)Nc1ccccc1. The maximum Gasteiger partial charge on any atom is 0.237 e. The van der Waals surface area contributed by atoms with E-state index in [0.717, 1.165) is 22.0 Å². The molecule has 3 rings (SSSR count). The molecule has 0 fully saturated rings. The molecule has 1 heterocycles. The summed E-state index contributed by atoms with van der Waals surface area (Å²) < 4.78 is 0. The molecule has 3 aromatic rings. The van der Waals surface area contributed by atoms with Crippen LogP contribution in [0.15, 0.2) is 78.1 Å². The molecular weight excluding hydrogens is 318 g/mol. The van der Waals surface area contributed by atoms with Crippen LogP contribution in [0.1, 0.15) is 6.92 Å². The maximum absolute atomic E-state index is 12.3. The van der Waals surface area contributed by atoms with Crippen molar-refractivity contribution in [3.8, 4) is 11.3 Å². The molecule has 0 aliphatic carbocycles. The maximum atomic E-state index is 12.3. The number of hydrogen-bond donors (Lipinski definition) is 1. The summed E-state index contributed by atoms with van der Waals surface area (Å²) in [5.74, 6) is -0.0499. The summed E-state index contributed by atoms with van der Waals surface area (Å²) in [7, 11) is 0. The number of thioether (sulfide) groups is 1. The van der Waals surface area contributed by atoms with Gasteiger partial charge in [0.2, 0.25) is 5.91 Å². The largest absolute Gasteiger partial charge is 0.325 e. The van der Waals surface area contributed by atoms with Crippen molar-refractivity contribution < 1.29 is 4.79 Å². The lowest BCUT2D eigenvalue weighted by atomic mass is 10.1. The van der Waals surface area contributed by atoms with Gasteiger partial charge in [0, 0.05) is 11.3 Å². The van der Waals surface area contributed by atoms with Crippen LogP contribution in [0.25, 0.3) is 11.3 Å². The van der Waals surface area contributed by atoms with Crippen molar-refractivity contribution in [3.63, 3.8) is 0 Å². The second kappa shape index (κ2) is 7.75. The lowest BCUT2D eigenvalue weighted by Gasteiger charge is -2.12. The standard InChI is InChI=1S/C19H17N3OS/c1-14(19(23)22-16-10-6-3-7-11-16)24-18-12-17(20-13-21-18)15-8-4-2-5-9-15/h2-14H,1H3,(H,22,23)/t14-/m1/s1. The molecule has 0 unspecified atom stereocenters. The average Bonchev–Trinajstić information content (AvgIpc) is 2.63. The molecule has 1 amide bonds. The number of anilines is 1. The summed E-state index contributed by atoms with van der Waals surface area (Å²) in [5, 5.41) is 3.42. The molecule has 0 saturated carbocycles. The molecule has 2 aromatic carbocycles. The summed E-state index contributed by atoms with van der Waals surface area (Å²) in [6.45, 7) is 1.87.